The standard InChI is InChI=1S/C19H20N8O3/c1-2-25(10-13-8-14(28)27-18(23-13)21-11-22-27)15-16(20)26(19(30)24-17(15)29)9-12-6-4-3-5-7-12/h3-8,11H,2,9-10,20H2,1H3,(H,21,22,23)(H,24,29,30). The number of aromatic nitrogens is 6. The van der Waals surface area contributed by atoms with Gasteiger partial charge in [0, 0.05) is 12.6 Å². The van der Waals surface area contributed by atoms with Gasteiger partial charge in [0.2, 0.25) is 0 Å². The first-order valence-electron chi connectivity index (χ1n) is 9.31. The van der Waals surface area contributed by atoms with Crippen molar-refractivity contribution in [1.29, 1.82) is 0 Å². The van der Waals surface area contributed by atoms with Crippen LogP contribution in [-0.4, -0.2) is 35.7 Å². The summed E-state index contributed by atoms with van der Waals surface area (Å²) in [4.78, 5) is 49.5. The van der Waals surface area contributed by atoms with E-state index >= 15 is 0 Å². The molecule has 0 fully saturated rings. The fourth-order valence-electron chi connectivity index (χ4n) is 3.30. The second-order valence-electron chi connectivity index (χ2n) is 6.69. The zero-order chi connectivity index (χ0) is 21.3. The molecule has 0 bridgehead atoms. The Labute approximate surface area is 169 Å². The van der Waals surface area contributed by atoms with Crippen LogP contribution in [0.5, 0.6) is 0 Å². The molecule has 0 amide bonds. The van der Waals surface area contributed by atoms with Crippen molar-refractivity contribution in [1.82, 2.24) is 29.1 Å². The van der Waals surface area contributed by atoms with Crippen LogP contribution in [0.15, 0.2) is 57.1 Å². The van der Waals surface area contributed by atoms with Gasteiger partial charge in [0.15, 0.2) is 0 Å². The summed E-state index contributed by atoms with van der Waals surface area (Å²) in [7, 11) is 0. The van der Waals surface area contributed by atoms with Gasteiger partial charge in [-0.1, -0.05) is 30.3 Å². The highest BCUT2D eigenvalue weighted by molar-refractivity contribution is 5.62. The molecule has 11 heteroatoms. The second kappa shape index (κ2) is 7.70. The fraction of sp³-hybridized carbons (Fsp3) is 0.211. The maximum Gasteiger partial charge on any atom is 0.330 e. The van der Waals surface area contributed by atoms with Crippen LogP contribution in [0.4, 0.5) is 11.5 Å². The Morgan fingerprint density at radius 2 is 1.93 bits per heavy atom. The van der Waals surface area contributed by atoms with Crippen LogP contribution in [0.1, 0.15) is 18.2 Å². The molecule has 3 aromatic heterocycles. The highest BCUT2D eigenvalue weighted by Crippen LogP contribution is 2.19. The van der Waals surface area contributed by atoms with Gasteiger partial charge in [-0.2, -0.15) is 4.52 Å². The molecule has 0 atom stereocenters. The first-order chi connectivity index (χ1) is 14.5. The normalized spacial score (nSPS) is 11.1. The minimum atomic E-state index is -0.596. The monoisotopic (exact) mass is 408 g/mol. The molecule has 1 aromatic carbocycles. The summed E-state index contributed by atoms with van der Waals surface area (Å²) < 4.78 is 2.52. The van der Waals surface area contributed by atoms with Crippen LogP contribution in [0.2, 0.25) is 0 Å². The van der Waals surface area contributed by atoms with E-state index in [1.165, 1.54) is 21.5 Å². The summed E-state index contributed by atoms with van der Waals surface area (Å²) >= 11 is 0. The lowest BCUT2D eigenvalue weighted by Crippen LogP contribution is -2.38. The maximum absolute atomic E-state index is 12.6. The lowest BCUT2D eigenvalue weighted by molar-refractivity contribution is 0.714. The number of nitrogens with one attached hydrogen (secondary N) is 2. The van der Waals surface area contributed by atoms with E-state index in [-0.39, 0.29) is 35.9 Å². The number of hydrogen-bond donors (Lipinski definition) is 3. The molecular weight excluding hydrogens is 388 g/mol. The number of fused-ring (bicyclic) bond motifs is 1. The average Bonchev–Trinajstić information content (AvgIpc) is 3.20. The fourth-order valence-corrected chi connectivity index (χ4v) is 3.30. The molecule has 0 aliphatic carbocycles. The smallest absolute Gasteiger partial charge is 0.330 e. The van der Waals surface area contributed by atoms with Crippen molar-refractivity contribution in [2.45, 2.75) is 20.0 Å². The third kappa shape index (κ3) is 3.48. The van der Waals surface area contributed by atoms with Crippen LogP contribution in [-0.2, 0) is 13.1 Å². The highest BCUT2D eigenvalue weighted by atomic mass is 16.2. The molecule has 0 spiro atoms. The Kier molecular flexibility index (Phi) is 4.92. The zero-order valence-electron chi connectivity index (χ0n) is 16.2. The maximum atomic E-state index is 12.6. The summed E-state index contributed by atoms with van der Waals surface area (Å²) in [6, 6.07) is 10.7. The number of nitrogen functional groups attached to an aromatic ring is 1. The van der Waals surface area contributed by atoms with E-state index in [0.717, 1.165) is 5.56 Å². The molecule has 154 valence electrons. The van der Waals surface area contributed by atoms with E-state index < -0.39 is 11.2 Å². The van der Waals surface area contributed by atoms with Gasteiger partial charge in [0.25, 0.3) is 16.9 Å². The molecule has 0 aliphatic heterocycles. The van der Waals surface area contributed by atoms with E-state index in [2.05, 4.69) is 20.1 Å². The second-order valence-corrected chi connectivity index (χ2v) is 6.69. The molecular formula is C19H20N8O3. The largest absolute Gasteiger partial charge is 0.383 e. The van der Waals surface area contributed by atoms with Gasteiger partial charge in [-0.3, -0.25) is 24.2 Å². The minimum Gasteiger partial charge on any atom is -0.383 e. The van der Waals surface area contributed by atoms with Gasteiger partial charge >= 0.3 is 5.69 Å². The summed E-state index contributed by atoms with van der Waals surface area (Å²) in [6.07, 6.45) is 1.37. The molecule has 0 aliphatic rings. The van der Waals surface area contributed by atoms with E-state index in [9.17, 15) is 14.4 Å². The summed E-state index contributed by atoms with van der Waals surface area (Å²) in [5, 5.41) is 2.67. The number of benzene rings is 1. The molecule has 11 nitrogen and oxygen atoms in total. The van der Waals surface area contributed by atoms with Crippen molar-refractivity contribution in [3.63, 3.8) is 0 Å². The van der Waals surface area contributed by atoms with Crippen LogP contribution in [0, 0.1) is 0 Å². The molecule has 4 rings (SSSR count). The van der Waals surface area contributed by atoms with Gasteiger partial charge in [0.05, 0.1) is 18.8 Å². The Hall–Kier alpha value is -4.15. The number of anilines is 2. The quantitative estimate of drug-likeness (QED) is 0.404. The lowest BCUT2D eigenvalue weighted by Gasteiger charge is -2.24. The van der Waals surface area contributed by atoms with Crippen LogP contribution < -0.4 is 27.4 Å². The number of nitrogens with zero attached hydrogens (tertiary/aromatic N) is 5. The Balaban J connectivity index is 1.75. The van der Waals surface area contributed by atoms with Gasteiger partial charge < -0.3 is 10.6 Å². The third-order valence-corrected chi connectivity index (χ3v) is 4.77. The molecule has 0 saturated carbocycles. The van der Waals surface area contributed by atoms with E-state index in [4.69, 9.17) is 5.73 Å². The molecule has 3 heterocycles. The topological polar surface area (TPSA) is 147 Å². The Morgan fingerprint density at radius 3 is 2.67 bits per heavy atom. The summed E-state index contributed by atoms with van der Waals surface area (Å²) in [6.45, 7) is 2.60. The van der Waals surface area contributed by atoms with E-state index in [0.29, 0.717) is 12.2 Å². The van der Waals surface area contributed by atoms with Gasteiger partial charge in [-0.15, -0.1) is 0 Å². The molecule has 4 N–H and O–H groups in total. The van der Waals surface area contributed by atoms with Crippen molar-refractivity contribution < 1.29 is 0 Å². The van der Waals surface area contributed by atoms with Crippen molar-refractivity contribution in [2.24, 2.45) is 0 Å². The number of aromatic amines is 2. The Morgan fingerprint density at radius 1 is 1.17 bits per heavy atom. The average molecular weight is 408 g/mol. The Bertz CT molecular complexity index is 1370. The lowest BCUT2D eigenvalue weighted by atomic mass is 10.2. The van der Waals surface area contributed by atoms with Crippen LogP contribution >= 0.6 is 0 Å². The molecule has 30 heavy (non-hydrogen) atoms. The number of H-pyrrole nitrogens is 2. The minimum absolute atomic E-state index is 0.0482. The van der Waals surface area contributed by atoms with Gasteiger partial charge in [0.1, 0.15) is 17.8 Å². The first kappa shape index (κ1) is 19.2. The number of hydrogen-bond acceptors (Lipinski definition) is 7. The third-order valence-electron chi connectivity index (χ3n) is 4.77. The van der Waals surface area contributed by atoms with Crippen molar-refractivity contribution in [3.8, 4) is 0 Å². The van der Waals surface area contributed by atoms with E-state index in [1.54, 1.807) is 4.90 Å². The zero-order valence-corrected chi connectivity index (χ0v) is 16.2. The van der Waals surface area contributed by atoms with Crippen LogP contribution in [0.25, 0.3) is 5.78 Å². The number of rotatable bonds is 6. The molecule has 0 radical (unpaired) electrons. The predicted octanol–water partition coefficient (Wildman–Crippen LogP) is -0.0754. The molecule has 0 saturated heterocycles. The van der Waals surface area contributed by atoms with Crippen molar-refractivity contribution in [3.05, 3.63) is 85.2 Å². The highest BCUT2D eigenvalue weighted by Gasteiger charge is 2.19. The summed E-state index contributed by atoms with van der Waals surface area (Å²) in [5.41, 5.74) is 6.20. The van der Waals surface area contributed by atoms with Crippen molar-refractivity contribution in [2.75, 3.05) is 17.2 Å². The van der Waals surface area contributed by atoms with Gasteiger partial charge in [-0.05, 0) is 12.5 Å². The number of nitrogens with two attached hydrogens (primary N) is 1. The SMILES string of the molecule is CCN(Cc1cc(=O)n2[nH]cnc2n1)c1c(N)n(Cc2ccccc2)c(=O)[nH]c1=O. The molecule has 0 unspecified atom stereocenters. The summed E-state index contributed by atoms with van der Waals surface area (Å²) in [5.74, 6) is 0.275. The molecule has 4 aromatic rings. The van der Waals surface area contributed by atoms with Crippen LogP contribution in [0.3, 0.4) is 0 Å². The van der Waals surface area contributed by atoms with E-state index in [1.807, 2.05) is 37.3 Å². The predicted molar refractivity (Wildman–Crippen MR) is 112 cm³/mol. The first-order valence-corrected chi connectivity index (χ1v) is 9.31. The van der Waals surface area contributed by atoms with Crippen molar-refractivity contribution >= 4 is 17.3 Å². The van der Waals surface area contributed by atoms with Gasteiger partial charge in [-0.25, -0.2) is 14.8 Å².